The summed E-state index contributed by atoms with van der Waals surface area (Å²) in [4.78, 5) is 40.8. The van der Waals surface area contributed by atoms with Gasteiger partial charge in [0.1, 0.15) is 16.5 Å². The van der Waals surface area contributed by atoms with Gasteiger partial charge in [0.15, 0.2) is 0 Å². The van der Waals surface area contributed by atoms with Gasteiger partial charge in [0.2, 0.25) is 0 Å². The minimum Gasteiger partial charge on any atom is -0.352 e. The number of hydrogen-bond acceptors (Lipinski definition) is 7. The zero-order valence-electron chi connectivity index (χ0n) is 20.1. The summed E-state index contributed by atoms with van der Waals surface area (Å²) in [5, 5.41) is 12.6. The Morgan fingerprint density at radius 2 is 1.91 bits per heavy atom. The van der Waals surface area contributed by atoms with E-state index in [9.17, 15) is 14.9 Å². The Kier molecular flexibility index (Phi) is 5.47. The smallest absolute Gasteiger partial charge is 0.273 e. The number of fused-ring (bicyclic) bond motifs is 3. The highest BCUT2D eigenvalue weighted by Gasteiger charge is 2.33. The Bertz CT molecular complexity index is 1340. The first kappa shape index (κ1) is 22.4. The summed E-state index contributed by atoms with van der Waals surface area (Å²) < 4.78 is 0. The summed E-state index contributed by atoms with van der Waals surface area (Å²) in [6.45, 7) is 6.53. The van der Waals surface area contributed by atoms with Crippen molar-refractivity contribution in [2.75, 3.05) is 31.1 Å². The fourth-order valence-corrected chi connectivity index (χ4v) is 6.72. The van der Waals surface area contributed by atoms with Crippen LogP contribution < -0.4 is 4.90 Å². The molecule has 0 bridgehead atoms. The molecule has 0 radical (unpaired) electrons. The lowest BCUT2D eigenvalue weighted by atomic mass is 9.89. The molecule has 9 heteroatoms. The highest BCUT2D eigenvalue weighted by Crippen LogP contribution is 2.44. The van der Waals surface area contributed by atoms with E-state index in [4.69, 9.17) is 9.97 Å². The van der Waals surface area contributed by atoms with Gasteiger partial charge in [-0.1, -0.05) is 13.0 Å². The van der Waals surface area contributed by atoms with Gasteiger partial charge < -0.3 is 9.80 Å². The van der Waals surface area contributed by atoms with Crippen LogP contribution in [0.15, 0.2) is 18.2 Å². The number of carbonyl (C=O) groups excluding carboxylic acids is 1. The standard InChI is InChI=1S/C26H29N5O3S/c1-15-3-8-19-21(13-15)35-25-22(19)24(27-23(28-25)17-6-7-17)29-9-11-30(12-10-29)26(32)18-5-4-16(2)20(14-18)31(33)34/h4-5,14-15,17H,3,6-13H2,1-2H3. The Labute approximate surface area is 208 Å². The third-order valence-electron chi connectivity index (χ3n) is 7.61. The van der Waals surface area contributed by atoms with Gasteiger partial charge >= 0.3 is 0 Å². The Morgan fingerprint density at radius 1 is 1.14 bits per heavy atom. The molecular formula is C26H29N5O3S. The molecule has 2 aromatic heterocycles. The van der Waals surface area contributed by atoms with E-state index in [-0.39, 0.29) is 11.6 Å². The molecule has 1 saturated carbocycles. The van der Waals surface area contributed by atoms with Crippen molar-refractivity contribution in [1.29, 1.82) is 0 Å². The molecule has 2 aliphatic carbocycles. The van der Waals surface area contributed by atoms with E-state index in [1.54, 1.807) is 24.0 Å². The van der Waals surface area contributed by atoms with E-state index >= 15 is 0 Å². The number of hydrogen-bond donors (Lipinski definition) is 0. The molecule has 1 unspecified atom stereocenters. The summed E-state index contributed by atoms with van der Waals surface area (Å²) in [5.74, 6) is 3.06. The fraction of sp³-hybridized carbons (Fsp3) is 0.500. The van der Waals surface area contributed by atoms with Crippen LogP contribution in [0.2, 0.25) is 0 Å². The Hall–Kier alpha value is -3.07. The third kappa shape index (κ3) is 4.05. The van der Waals surface area contributed by atoms with Crippen molar-refractivity contribution in [3.05, 3.63) is 55.7 Å². The van der Waals surface area contributed by atoms with E-state index in [1.807, 2.05) is 11.3 Å². The number of carbonyl (C=O) groups is 1. The normalized spacial score (nSPS) is 20.2. The highest BCUT2D eigenvalue weighted by atomic mass is 32.1. The SMILES string of the molecule is Cc1ccc(C(=O)N2CCN(c3nc(C4CC4)nc4sc5c(c34)CCC(C)C5)CC2)cc1[N+](=O)[O-]. The topological polar surface area (TPSA) is 92.5 Å². The number of thiophene rings is 1. The first-order valence-corrected chi connectivity index (χ1v) is 13.3. The van der Waals surface area contributed by atoms with Gasteiger partial charge in [-0.2, -0.15) is 0 Å². The van der Waals surface area contributed by atoms with Crippen molar-refractivity contribution < 1.29 is 9.72 Å². The van der Waals surface area contributed by atoms with Crippen LogP contribution in [0.4, 0.5) is 11.5 Å². The molecule has 1 aliphatic heterocycles. The van der Waals surface area contributed by atoms with Crippen LogP contribution in [0.3, 0.4) is 0 Å². The molecule has 0 N–H and O–H groups in total. The summed E-state index contributed by atoms with van der Waals surface area (Å²) in [7, 11) is 0. The number of amides is 1. The molecule has 3 heterocycles. The zero-order chi connectivity index (χ0) is 24.3. The van der Waals surface area contributed by atoms with Gasteiger partial charge in [-0.3, -0.25) is 14.9 Å². The lowest BCUT2D eigenvalue weighted by Gasteiger charge is -2.36. The maximum absolute atomic E-state index is 13.1. The summed E-state index contributed by atoms with van der Waals surface area (Å²) in [6, 6.07) is 4.74. The molecule has 3 aromatic rings. The maximum Gasteiger partial charge on any atom is 0.273 e. The lowest BCUT2D eigenvalue weighted by molar-refractivity contribution is -0.385. The maximum atomic E-state index is 13.1. The van der Waals surface area contributed by atoms with Gasteiger partial charge in [0, 0.05) is 54.2 Å². The van der Waals surface area contributed by atoms with Crippen LogP contribution in [0.5, 0.6) is 0 Å². The molecular weight excluding hydrogens is 462 g/mol. The number of aryl methyl sites for hydroxylation is 2. The van der Waals surface area contributed by atoms with E-state index in [1.165, 1.54) is 28.3 Å². The molecule has 3 aliphatic rings. The first-order chi connectivity index (χ1) is 16.9. The van der Waals surface area contributed by atoms with Gasteiger partial charge in [-0.15, -0.1) is 11.3 Å². The van der Waals surface area contributed by atoms with Crippen LogP contribution in [0.1, 0.15) is 64.3 Å². The number of nitro groups is 1. The lowest BCUT2D eigenvalue weighted by Crippen LogP contribution is -2.49. The fourth-order valence-electron chi connectivity index (χ4n) is 5.34. The second-order valence-corrected chi connectivity index (χ2v) is 11.3. The predicted octanol–water partition coefficient (Wildman–Crippen LogP) is 4.87. The highest BCUT2D eigenvalue weighted by molar-refractivity contribution is 7.19. The van der Waals surface area contributed by atoms with Crippen molar-refractivity contribution in [1.82, 2.24) is 14.9 Å². The quantitative estimate of drug-likeness (QED) is 0.382. The van der Waals surface area contributed by atoms with E-state index < -0.39 is 4.92 Å². The molecule has 1 aromatic carbocycles. The van der Waals surface area contributed by atoms with Gasteiger partial charge in [-0.25, -0.2) is 9.97 Å². The molecule has 1 atom stereocenters. The molecule has 182 valence electrons. The molecule has 1 saturated heterocycles. The minimum atomic E-state index is -0.426. The number of benzene rings is 1. The van der Waals surface area contributed by atoms with Crippen LogP contribution in [0, 0.1) is 23.0 Å². The van der Waals surface area contributed by atoms with Gasteiger partial charge in [0.25, 0.3) is 11.6 Å². The average molecular weight is 492 g/mol. The molecule has 6 rings (SSSR count). The van der Waals surface area contributed by atoms with Crippen LogP contribution in [-0.4, -0.2) is 51.9 Å². The van der Waals surface area contributed by atoms with E-state index in [2.05, 4.69) is 11.8 Å². The van der Waals surface area contributed by atoms with Gasteiger partial charge in [-0.05, 0) is 56.6 Å². The summed E-state index contributed by atoms with van der Waals surface area (Å²) in [6.07, 6.45) is 5.74. The molecule has 1 amide bonds. The molecule has 0 spiro atoms. The van der Waals surface area contributed by atoms with E-state index in [0.29, 0.717) is 49.1 Å². The zero-order valence-corrected chi connectivity index (χ0v) is 20.9. The monoisotopic (exact) mass is 491 g/mol. The van der Waals surface area contributed by atoms with Gasteiger partial charge in [0.05, 0.1) is 10.3 Å². The third-order valence-corrected chi connectivity index (χ3v) is 8.76. The molecule has 8 nitrogen and oxygen atoms in total. The van der Waals surface area contributed by atoms with Crippen molar-refractivity contribution in [3.8, 4) is 0 Å². The van der Waals surface area contributed by atoms with Crippen molar-refractivity contribution in [3.63, 3.8) is 0 Å². The minimum absolute atomic E-state index is 0.0120. The van der Waals surface area contributed by atoms with Crippen molar-refractivity contribution in [2.45, 2.75) is 51.9 Å². The number of piperazine rings is 1. The number of aromatic nitrogens is 2. The summed E-state index contributed by atoms with van der Waals surface area (Å²) in [5.41, 5.74) is 2.36. The number of rotatable bonds is 4. The first-order valence-electron chi connectivity index (χ1n) is 12.5. The largest absolute Gasteiger partial charge is 0.352 e. The Morgan fingerprint density at radius 3 is 2.63 bits per heavy atom. The van der Waals surface area contributed by atoms with E-state index in [0.717, 1.165) is 42.2 Å². The second-order valence-electron chi connectivity index (χ2n) is 10.2. The van der Waals surface area contributed by atoms with Crippen LogP contribution in [0.25, 0.3) is 10.2 Å². The second kappa shape index (κ2) is 8.55. The average Bonchev–Trinajstić information content (AvgIpc) is 3.64. The molecule has 2 fully saturated rings. The number of nitrogens with zero attached hydrogens (tertiary/aromatic N) is 5. The predicted molar refractivity (Wildman–Crippen MR) is 137 cm³/mol. The number of anilines is 1. The number of nitro benzene ring substituents is 1. The van der Waals surface area contributed by atoms with Crippen molar-refractivity contribution in [2.24, 2.45) is 5.92 Å². The van der Waals surface area contributed by atoms with Crippen LogP contribution in [-0.2, 0) is 12.8 Å². The van der Waals surface area contributed by atoms with Crippen LogP contribution >= 0.6 is 11.3 Å². The van der Waals surface area contributed by atoms with Crippen molar-refractivity contribution >= 4 is 39.0 Å². The Balaban J connectivity index is 1.27. The summed E-state index contributed by atoms with van der Waals surface area (Å²) >= 11 is 1.85. The molecule has 35 heavy (non-hydrogen) atoms.